The van der Waals surface area contributed by atoms with Gasteiger partial charge in [0, 0.05) is 6.20 Å². The predicted octanol–water partition coefficient (Wildman–Crippen LogP) is 1.59. The first-order valence-corrected chi connectivity index (χ1v) is 3.69. The van der Waals surface area contributed by atoms with Gasteiger partial charge in [-0.3, -0.25) is 4.79 Å². The molecule has 0 fully saturated rings. The van der Waals surface area contributed by atoms with E-state index in [1.54, 1.807) is 6.07 Å². The molecule has 0 aliphatic heterocycles. The third-order valence-electron chi connectivity index (χ3n) is 1.29. The van der Waals surface area contributed by atoms with Crippen LogP contribution < -0.4 is 0 Å². The summed E-state index contributed by atoms with van der Waals surface area (Å²) in [5.41, 5.74) is 1.46. The highest BCUT2D eigenvalue weighted by atomic mass is 35.5. The highest BCUT2D eigenvalue weighted by molar-refractivity contribution is 6.30. The van der Waals surface area contributed by atoms with Gasteiger partial charge in [-0.25, -0.2) is 4.98 Å². The molecule has 0 aromatic carbocycles. The van der Waals surface area contributed by atoms with Gasteiger partial charge in [-0.2, -0.15) is 0 Å². The molecule has 0 radical (unpaired) electrons. The lowest BCUT2D eigenvalue weighted by Gasteiger charge is -1.95. The summed E-state index contributed by atoms with van der Waals surface area (Å²) >= 11 is 5.67. The smallest absolute Gasteiger partial charge is 0.193 e. The van der Waals surface area contributed by atoms with E-state index in [2.05, 4.69) is 16.8 Å². The van der Waals surface area contributed by atoms with Gasteiger partial charge in [-0.05, 0) is 30.4 Å². The second kappa shape index (κ2) is 3.89. The molecule has 3 heteroatoms. The molecule has 2 nitrogen and oxygen atoms in total. The van der Waals surface area contributed by atoms with Crippen LogP contribution in [0.5, 0.6) is 0 Å². The number of aldehydes is 1. The number of carbonyl (C=O) groups is 1. The molecule has 1 aromatic heterocycles. The summed E-state index contributed by atoms with van der Waals surface area (Å²) in [7, 11) is 0. The average molecular weight is 180 g/mol. The maximum Gasteiger partial charge on any atom is 0.193 e. The van der Waals surface area contributed by atoms with Crippen LogP contribution in [0.15, 0.2) is 12.3 Å². The predicted molar refractivity (Wildman–Crippen MR) is 46.9 cm³/mol. The van der Waals surface area contributed by atoms with E-state index < -0.39 is 0 Å². The van der Waals surface area contributed by atoms with Crippen LogP contribution in [0, 0.1) is 18.8 Å². The molecule has 0 unspecified atom stereocenters. The Morgan fingerprint density at radius 3 is 3.00 bits per heavy atom. The van der Waals surface area contributed by atoms with Crippen molar-refractivity contribution in [3.05, 3.63) is 28.5 Å². The zero-order valence-electron chi connectivity index (χ0n) is 6.47. The number of aryl methyl sites for hydroxylation is 1. The maximum atomic E-state index is 9.93. The first-order chi connectivity index (χ1) is 5.74. The van der Waals surface area contributed by atoms with Gasteiger partial charge in [0.2, 0.25) is 0 Å². The van der Waals surface area contributed by atoms with Crippen molar-refractivity contribution in [1.82, 2.24) is 4.98 Å². The van der Waals surface area contributed by atoms with E-state index in [1.165, 1.54) is 6.20 Å². The maximum absolute atomic E-state index is 9.93. The van der Waals surface area contributed by atoms with Gasteiger partial charge in [0.15, 0.2) is 6.29 Å². The number of pyridine rings is 1. The van der Waals surface area contributed by atoms with Crippen molar-refractivity contribution >= 4 is 17.9 Å². The monoisotopic (exact) mass is 179 g/mol. The number of hydrogen-bond acceptors (Lipinski definition) is 2. The molecule has 1 rings (SSSR count). The summed E-state index contributed by atoms with van der Waals surface area (Å²) in [6.07, 6.45) is 2.04. The summed E-state index contributed by atoms with van der Waals surface area (Å²) < 4.78 is 0. The molecule has 1 aromatic rings. The van der Waals surface area contributed by atoms with Gasteiger partial charge in [0.1, 0.15) is 5.69 Å². The molecule has 0 N–H and O–H groups in total. The fourth-order valence-electron chi connectivity index (χ4n) is 0.769. The number of carbonyl (C=O) groups excluding carboxylic acids is 1. The van der Waals surface area contributed by atoms with Crippen LogP contribution in [0.2, 0.25) is 5.02 Å². The Balaban J connectivity index is 3.09. The van der Waals surface area contributed by atoms with Crippen LogP contribution in [0.1, 0.15) is 11.3 Å². The molecule has 0 aliphatic rings. The third-order valence-corrected chi connectivity index (χ3v) is 1.50. The number of halogens is 1. The Hall–Kier alpha value is -1.33. The largest absolute Gasteiger partial charge is 0.289 e. The number of nitrogens with zero attached hydrogens (tertiary/aromatic N) is 1. The van der Waals surface area contributed by atoms with Crippen molar-refractivity contribution < 1.29 is 4.79 Å². The van der Waals surface area contributed by atoms with Gasteiger partial charge < -0.3 is 0 Å². The molecule has 0 saturated heterocycles. The van der Waals surface area contributed by atoms with E-state index in [9.17, 15) is 4.79 Å². The summed E-state index contributed by atoms with van der Waals surface area (Å²) in [6.45, 7) is 1.84. The topological polar surface area (TPSA) is 30.0 Å². The number of hydrogen-bond donors (Lipinski definition) is 0. The van der Waals surface area contributed by atoms with Crippen molar-refractivity contribution in [2.24, 2.45) is 0 Å². The minimum absolute atomic E-state index is 0.537. The minimum atomic E-state index is 0.537. The zero-order chi connectivity index (χ0) is 8.97. The Bertz CT molecular complexity index is 363. The molecule has 60 valence electrons. The molecule has 12 heavy (non-hydrogen) atoms. The van der Waals surface area contributed by atoms with Crippen LogP contribution >= 0.6 is 11.6 Å². The lowest BCUT2D eigenvalue weighted by Crippen LogP contribution is -1.86. The van der Waals surface area contributed by atoms with Crippen molar-refractivity contribution in [1.29, 1.82) is 0 Å². The lowest BCUT2D eigenvalue weighted by atomic mass is 10.2. The van der Waals surface area contributed by atoms with Crippen molar-refractivity contribution in [2.45, 2.75) is 6.92 Å². The van der Waals surface area contributed by atoms with Crippen molar-refractivity contribution in [3.8, 4) is 11.8 Å². The highest BCUT2D eigenvalue weighted by Gasteiger charge is 1.95. The molecule has 0 amide bonds. The molecular formula is C9H6ClNO. The Morgan fingerprint density at radius 2 is 2.42 bits per heavy atom. The minimum Gasteiger partial charge on any atom is -0.289 e. The van der Waals surface area contributed by atoms with Crippen molar-refractivity contribution in [3.63, 3.8) is 0 Å². The molecule has 0 spiro atoms. The van der Waals surface area contributed by atoms with Crippen LogP contribution in [-0.2, 0) is 4.79 Å². The van der Waals surface area contributed by atoms with Gasteiger partial charge in [0.25, 0.3) is 0 Å². The molecule has 1 heterocycles. The zero-order valence-corrected chi connectivity index (χ0v) is 7.22. The Kier molecular flexibility index (Phi) is 2.84. The fourth-order valence-corrected chi connectivity index (χ4v) is 0.982. The molecule has 0 saturated carbocycles. The molecular weight excluding hydrogens is 174 g/mol. The van der Waals surface area contributed by atoms with Crippen LogP contribution in [0.4, 0.5) is 0 Å². The lowest BCUT2D eigenvalue weighted by molar-refractivity contribution is -0.103. The summed E-state index contributed by atoms with van der Waals surface area (Å²) in [4.78, 5) is 13.9. The Labute approximate surface area is 75.6 Å². The first kappa shape index (κ1) is 8.76. The number of rotatable bonds is 0. The standard InChI is InChI=1S/C9H6ClNO/c1-7-5-8(10)6-11-9(7)3-2-4-12/h4-6H,1H3. The quantitative estimate of drug-likeness (QED) is 0.447. The van der Waals surface area contributed by atoms with E-state index in [0.29, 0.717) is 17.0 Å². The average Bonchev–Trinajstić information content (AvgIpc) is 2.03. The van der Waals surface area contributed by atoms with Crippen LogP contribution in [0.3, 0.4) is 0 Å². The third kappa shape index (κ3) is 2.08. The fraction of sp³-hybridized carbons (Fsp3) is 0.111. The first-order valence-electron chi connectivity index (χ1n) is 3.31. The van der Waals surface area contributed by atoms with Gasteiger partial charge in [0.05, 0.1) is 5.02 Å². The van der Waals surface area contributed by atoms with Crippen LogP contribution in [0.25, 0.3) is 0 Å². The van der Waals surface area contributed by atoms with Gasteiger partial charge >= 0.3 is 0 Å². The van der Waals surface area contributed by atoms with Crippen LogP contribution in [-0.4, -0.2) is 11.3 Å². The van der Waals surface area contributed by atoms with E-state index >= 15 is 0 Å². The van der Waals surface area contributed by atoms with E-state index in [1.807, 2.05) is 6.92 Å². The molecule has 0 aliphatic carbocycles. The van der Waals surface area contributed by atoms with Gasteiger partial charge in [-0.1, -0.05) is 11.6 Å². The normalized spacial score (nSPS) is 8.50. The van der Waals surface area contributed by atoms with Crippen molar-refractivity contribution in [2.75, 3.05) is 0 Å². The molecule has 0 atom stereocenters. The van der Waals surface area contributed by atoms with E-state index in [-0.39, 0.29) is 0 Å². The highest BCUT2D eigenvalue weighted by Crippen LogP contribution is 2.10. The Morgan fingerprint density at radius 1 is 1.67 bits per heavy atom. The van der Waals surface area contributed by atoms with E-state index in [4.69, 9.17) is 11.6 Å². The van der Waals surface area contributed by atoms with Gasteiger partial charge in [-0.15, -0.1) is 0 Å². The second-order valence-corrected chi connectivity index (χ2v) is 2.64. The number of aromatic nitrogens is 1. The summed E-state index contributed by atoms with van der Waals surface area (Å²) in [6, 6.07) is 1.75. The SMILES string of the molecule is Cc1cc(Cl)cnc1C#CC=O. The van der Waals surface area contributed by atoms with E-state index in [0.717, 1.165) is 5.56 Å². The summed E-state index contributed by atoms with van der Waals surface area (Å²) in [5.74, 6) is 4.89. The second-order valence-electron chi connectivity index (χ2n) is 2.21. The summed E-state index contributed by atoms with van der Waals surface area (Å²) in [5, 5.41) is 0.573. The molecule has 0 bridgehead atoms.